The van der Waals surface area contributed by atoms with E-state index in [4.69, 9.17) is 5.11 Å². The number of aromatic nitrogens is 1. The third-order valence-electron chi connectivity index (χ3n) is 2.65. The Morgan fingerprint density at radius 2 is 2.35 bits per heavy atom. The van der Waals surface area contributed by atoms with E-state index < -0.39 is 22.0 Å². The molecule has 0 spiro atoms. The van der Waals surface area contributed by atoms with E-state index in [2.05, 4.69) is 4.98 Å². The summed E-state index contributed by atoms with van der Waals surface area (Å²) in [5.41, 5.74) is 0. The monoisotopic (exact) mass is 276 g/mol. The third-order valence-corrected chi connectivity index (χ3v) is 5.91. The zero-order valence-corrected chi connectivity index (χ0v) is 10.8. The molecule has 0 saturated carbocycles. The number of aryl methyl sites for hydroxylation is 1. The summed E-state index contributed by atoms with van der Waals surface area (Å²) in [6.07, 6.45) is 2.23. The molecule has 1 aromatic rings. The van der Waals surface area contributed by atoms with Gasteiger partial charge < -0.3 is 5.11 Å². The molecule has 8 heteroatoms. The Morgan fingerprint density at radius 3 is 2.88 bits per heavy atom. The van der Waals surface area contributed by atoms with Gasteiger partial charge in [-0.3, -0.25) is 4.79 Å². The van der Waals surface area contributed by atoms with Gasteiger partial charge in [-0.05, 0) is 19.8 Å². The highest BCUT2D eigenvalue weighted by molar-refractivity contribution is 7.91. The maximum absolute atomic E-state index is 12.2. The van der Waals surface area contributed by atoms with E-state index in [9.17, 15) is 13.2 Å². The average molecular weight is 276 g/mol. The Labute approximate surface area is 103 Å². The van der Waals surface area contributed by atoms with Gasteiger partial charge in [0, 0.05) is 6.54 Å². The molecule has 1 N–H and O–H groups in total. The Kier molecular flexibility index (Phi) is 3.19. The number of aliphatic carboxylic acids is 1. The first-order valence-corrected chi connectivity index (χ1v) is 7.35. The van der Waals surface area contributed by atoms with Crippen LogP contribution >= 0.6 is 11.3 Å². The molecule has 0 unspecified atom stereocenters. The van der Waals surface area contributed by atoms with Gasteiger partial charge in [-0.1, -0.05) is 0 Å². The predicted octanol–water partition coefficient (Wildman–Crippen LogP) is 0.689. The largest absolute Gasteiger partial charge is 0.480 e. The van der Waals surface area contributed by atoms with Gasteiger partial charge in [0.2, 0.25) is 0 Å². The molecule has 0 aromatic carbocycles. The molecule has 1 aromatic heterocycles. The summed E-state index contributed by atoms with van der Waals surface area (Å²) in [7, 11) is -3.70. The van der Waals surface area contributed by atoms with Crippen molar-refractivity contribution in [2.75, 3.05) is 6.54 Å². The van der Waals surface area contributed by atoms with Gasteiger partial charge in [-0.25, -0.2) is 13.4 Å². The number of hydrogen-bond donors (Lipinski definition) is 1. The SMILES string of the molecule is Cc1ncc(S(=O)(=O)N2CCC[C@H]2C(=O)O)s1. The van der Waals surface area contributed by atoms with Gasteiger partial charge in [-0.2, -0.15) is 4.31 Å². The first-order chi connectivity index (χ1) is 7.93. The van der Waals surface area contributed by atoms with Crippen molar-refractivity contribution in [3.8, 4) is 0 Å². The Morgan fingerprint density at radius 1 is 1.65 bits per heavy atom. The van der Waals surface area contributed by atoms with Gasteiger partial charge in [0.05, 0.1) is 11.2 Å². The third kappa shape index (κ3) is 2.20. The van der Waals surface area contributed by atoms with Crippen molar-refractivity contribution in [3.63, 3.8) is 0 Å². The molecule has 0 bridgehead atoms. The van der Waals surface area contributed by atoms with Crippen LogP contribution in [0.15, 0.2) is 10.4 Å². The summed E-state index contributed by atoms with van der Waals surface area (Å²) >= 11 is 1.06. The molecule has 1 aliphatic rings. The average Bonchev–Trinajstić information content (AvgIpc) is 2.84. The highest BCUT2D eigenvalue weighted by Crippen LogP contribution is 2.28. The second-order valence-corrected chi connectivity index (χ2v) is 7.16. The lowest BCUT2D eigenvalue weighted by Gasteiger charge is -2.19. The topological polar surface area (TPSA) is 87.6 Å². The lowest BCUT2D eigenvalue weighted by atomic mass is 10.2. The second-order valence-electron chi connectivity index (χ2n) is 3.81. The van der Waals surface area contributed by atoms with Crippen LogP contribution < -0.4 is 0 Å². The van der Waals surface area contributed by atoms with E-state index in [1.807, 2.05) is 0 Å². The first-order valence-electron chi connectivity index (χ1n) is 5.10. The van der Waals surface area contributed by atoms with Crippen LogP contribution in [0, 0.1) is 6.92 Å². The minimum Gasteiger partial charge on any atom is -0.480 e. The van der Waals surface area contributed by atoms with E-state index >= 15 is 0 Å². The van der Waals surface area contributed by atoms with Crippen LogP contribution in [0.5, 0.6) is 0 Å². The van der Waals surface area contributed by atoms with Crippen LogP contribution in [0.1, 0.15) is 17.8 Å². The summed E-state index contributed by atoms with van der Waals surface area (Å²) in [4.78, 5) is 14.9. The zero-order valence-electron chi connectivity index (χ0n) is 9.16. The van der Waals surface area contributed by atoms with E-state index in [1.165, 1.54) is 6.20 Å². The fourth-order valence-electron chi connectivity index (χ4n) is 1.85. The van der Waals surface area contributed by atoms with Crippen molar-refractivity contribution >= 4 is 27.3 Å². The summed E-state index contributed by atoms with van der Waals surface area (Å²) < 4.78 is 25.6. The van der Waals surface area contributed by atoms with Crippen molar-refractivity contribution in [1.29, 1.82) is 0 Å². The summed E-state index contributed by atoms with van der Waals surface area (Å²) in [5, 5.41) is 9.63. The van der Waals surface area contributed by atoms with Crippen LogP contribution in [-0.4, -0.2) is 41.4 Å². The summed E-state index contributed by atoms with van der Waals surface area (Å²) in [6.45, 7) is 1.97. The number of carbonyl (C=O) groups is 1. The van der Waals surface area contributed by atoms with E-state index in [1.54, 1.807) is 6.92 Å². The van der Waals surface area contributed by atoms with Crippen LogP contribution in [0.25, 0.3) is 0 Å². The van der Waals surface area contributed by atoms with E-state index in [0.717, 1.165) is 15.6 Å². The summed E-state index contributed by atoms with van der Waals surface area (Å²) in [5.74, 6) is -1.09. The fraction of sp³-hybridized carbons (Fsp3) is 0.556. The van der Waals surface area contributed by atoms with E-state index in [-0.39, 0.29) is 10.8 Å². The van der Waals surface area contributed by atoms with Crippen molar-refractivity contribution in [3.05, 3.63) is 11.2 Å². The van der Waals surface area contributed by atoms with Crippen LogP contribution in [-0.2, 0) is 14.8 Å². The van der Waals surface area contributed by atoms with Crippen LogP contribution in [0.4, 0.5) is 0 Å². The smallest absolute Gasteiger partial charge is 0.322 e. The molecule has 0 aliphatic carbocycles. The molecular formula is C9H12N2O4S2. The lowest BCUT2D eigenvalue weighted by Crippen LogP contribution is -2.40. The Bertz CT molecular complexity index is 537. The number of hydrogen-bond acceptors (Lipinski definition) is 5. The molecule has 1 fully saturated rings. The number of carboxylic acid groups (broad SMARTS) is 1. The summed E-state index contributed by atoms with van der Waals surface area (Å²) in [6, 6.07) is -0.942. The minimum absolute atomic E-state index is 0.114. The maximum atomic E-state index is 12.2. The van der Waals surface area contributed by atoms with Gasteiger partial charge in [-0.15, -0.1) is 11.3 Å². The van der Waals surface area contributed by atoms with Gasteiger partial charge in [0.25, 0.3) is 10.0 Å². The normalized spacial score (nSPS) is 21.8. The minimum atomic E-state index is -3.70. The molecule has 0 amide bonds. The highest BCUT2D eigenvalue weighted by Gasteiger charge is 2.40. The van der Waals surface area contributed by atoms with Crippen LogP contribution in [0.3, 0.4) is 0 Å². The number of carboxylic acids is 1. The molecule has 1 saturated heterocycles. The maximum Gasteiger partial charge on any atom is 0.322 e. The Hall–Kier alpha value is -0.990. The molecule has 17 heavy (non-hydrogen) atoms. The Balaban J connectivity index is 2.36. The predicted molar refractivity (Wildman–Crippen MR) is 61.4 cm³/mol. The molecule has 6 nitrogen and oxygen atoms in total. The van der Waals surface area contributed by atoms with Crippen LogP contribution in [0.2, 0.25) is 0 Å². The molecule has 94 valence electrons. The zero-order chi connectivity index (χ0) is 12.6. The van der Waals surface area contributed by atoms with E-state index in [0.29, 0.717) is 17.8 Å². The lowest BCUT2D eigenvalue weighted by molar-refractivity contribution is -0.140. The highest BCUT2D eigenvalue weighted by atomic mass is 32.2. The van der Waals surface area contributed by atoms with Crippen molar-refractivity contribution in [2.45, 2.75) is 30.0 Å². The number of thiazole rings is 1. The molecule has 1 atom stereocenters. The van der Waals surface area contributed by atoms with Crippen molar-refractivity contribution in [2.24, 2.45) is 0 Å². The number of sulfonamides is 1. The van der Waals surface area contributed by atoms with Gasteiger partial charge in [0.1, 0.15) is 6.04 Å². The van der Waals surface area contributed by atoms with Crippen molar-refractivity contribution < 1.29 is 18.3 Å². The molecule has 2 heterocycles. The standard InChI is InChI=1S/C9H12N2O4S2/c1-6-10-5-8(16-6)17(14,15)11-4-2-3-7(11)9(12)13/h5,7H,2-4H2,1H3,(H,12,13)/t7-/m0/s1. The van der Waals surface area contributed by atoms with Gasteiger partial charge >= 0.3 is 5.97 Å². The molecule has 1 aliphatic heterocycles. The van der Waals surface area contributed by atoms with Gasteiger partial charge in [0.15, 0.2) is 4.21 Å². The molecule has 2 rings (SSSR count). The number of rotatable bonds is 3. The molecule has 0 radical (unpaired) electrons. The quantitative estimate of drug-likeness (QED) is 0.877. The first kappa shape index (κ1) is 12.5. The molecular weight excluding hydrogens is 264 g/mol. The second kappa shape index (κ2) is 4.35. The number of nitrogens with zero attached hydrogens (tertiary/aromatic N) is 2. The fourth-order valence-corrected chi connectivity index (χ4v) is 4.74. The van der Waals surface area contributed by atoms with Crippen molar-refractivity contribution in [1.82, 2.24) is 9.29 Å².